The largest absolute Gasteiger partial charge is 0.378 e. The Morgan fingerprint density at radius 3 is 2.58 bits per heavy atom. The number of ether oxygens (including phenoxy) is 1. The van der Waals surface area contributed by atoms with Crippen molar-refractivity contribution in [3.63, 3.8) is 0 Å². The molecular weight excluding hydrogens is 415 g/mol. The van der Waals surface area contributed by atoms with Gasteiger partial charge in [0, 0.05) is 56.1 Å². The van der Waals surface area contributed by atoms with Gasteiger partial charge in [-0.2, -0.15) is 5.26 Å². The van der Waals surface area contributed by atoms with Crippen molar-refractivity contribution in [3.05, 3.63) is 53.3 Å². The number of rotatable bonds is 5. The summed E-state index contributed by atoms with van der Waals surface area (Å²) in [6.45, 7) is 4.82. The number of fused-ring (bicyclic) bond motifs is 2. The van der Waals surface area contributed by atoms with Gasteiger partial charge in [-0.1, -0.05) is 12.1 Å². The fourth-order valence-corrected chi connectivity index (χ4v) is 5.99. The number of piperidine rings is 1. The van der Waals surface area contributed by atoms with E-state index in [0.717, 1.165) is 55.7 Å². The minimum atomic E-state index is -0.472. The lowest BCUT2D eigenvalue weighted by molar-refractivity contribution is -0.0132. The molecule has 5 nitrogen and oxygen atoms in total. The second-order valence-corrected chi connectivity index (χ2v) is 10.2. The van der Waals surface area contributed by atoms with E-state index in [2.05, 4.69) is 34.9 Å². The normalized spacial score (nSPS) is 26.5. The number of halogens is 1. The highest BCUT2D eigenvalue weighted by molar-refractivity contribution is 5.80. The first-order valence-corrected chi connectivity index (χ1v) is 12.1. The van der Waals surface area contributed by atoms with Gasteiger partial charge in [0.2, 0.25) is 0 Å². The van der Waals surface area contributed by atoms with Crippen molar-refractivity contribution in [1.29, 1.82) is 5.26 Å². The number of hydrogen-bond acceptors (Lipinski definition) is 5. The first-order valence-electron chi connectivity index (χ1n) is 12.1. The minimum Gasteiger partial charge on any atom is -0.378 e. The van der Waals surface area contributed by atoms with Crippen LogP contribution in [0.15, 0.2) is 36.4 Å². The van der Waals surface area contributed by atoms with Crippen LogP contribution in [0.25, 0.3) is 11.1 Å². The van der Waals surface area contributed by atoms with Crippen LogP contribution in [0.5, 0.6) is 0 Å². The Bertz CT molecular complexity index is 1070. The van der Waals surface area contributed by atoms with Gasteiger partial charge in [-0.15, -0.1) is 0 Å². The van der Waals surface area contributed by atoms with Crippen LogP contribution in [0.3, 0.4) is 0 Å². The van der Waals surface area contributed by atoms with Gasteiger partial charge in [0.25, 0.3) is 0 Å². The number of methoxy groups -OCH3 is 1. The van der Waals surface area contributed by atoms with Crippen LogP contribution in [0.1, 0.15) is 50.2 Å². The van der Waals surface area contributed by atoms with Crippen LogP contribution in [-0.4, -0.2) is 48.8 Å². The molecule has 0 spiro atoms. The van der Waals surface area contributed by atoms with Crippen molar-refractivity contribution < 1.29 is 9.13 Å². The zero-order valence-corrected chi connectivity index (χ0v) is 19.6. The van der Waals surface area contributed by atoms with Gasteiger partial charge < -0.3 is 15.4 Å². The van der Waals surface area contributed by atoms with Crippen molar-refractivity contribution in [1.82, 2.24) is 4.90 Å². The number of hydrogen-bond donors (Lipinski definition) is 1. The zero-order chi connectivity index (χ0) is 23.2. The molecule has 174 valence electrons. The summed E-state index contributed by atoms with van der Waals surface area (Å²) >= 11 is 0. The van der Waals surface area contributed by atoms with E-state index in [1.807, 2.05) is 12.1 Å². The summed E-state index contributed by atoms with van der Waals surface area (Å²) in [7, 11) is 1.78. The first-order chi connectivity index (χ1) is 15.9. The molecule has 5 rings (SSSR count). The van der Waals surface area contributed by atoms with Crippen molar-refractivity contribution in [2.24, 2.45) is 5.73 Å². The highest BCUT2D eigenvalue weighted by Crippen LogP contribution is 2.40. The molecule has 0 amide bonds. The molecule has 3 aliphatic heterocycles. The van der Waals surface area contributed by atoms with Crippen molar-refractivity contribution in [2.45, 2.75) is 69.3 Å². The number of nitriles is 1. The van der Waals surface area contributed by atoms with Crippen LogP contribution >= 0.6 is 0 Å². The van der Waals surface area contributed by atoms with E-state index in [1.54, 1.807) is 13.2 Å². The Labute approximate surface area is 195 Å². The lowest BCUT2D eigenvalue weighted by atomic mass is 9.91. The van der Waals surface area contributed by atoms with Gasteiger partial charge in [0.15, 0.2) is 0 Å². The van der Waals surface area contributed by atoms with Gasteiger partial charge in [-0.05, 0) is 74.4 Å². The lowest BCUT2D eigenvalue weighted by Gasteiger charge is -2.40. The Hall–Kier alpha value is -2.46. The van der Waals surface area contributed by atoms with Gasteiger partial charge in [0.1, 0.15) is 11.9 Å². The predicted molar refractivity (Wildman–Crippen MR) is 128 cm³/mol. The monoisotopic (exact) mass is 448 g/mol. The summed E-state index contributed by atoms with van der Waals surface area (Å²) in [6, 6.07) is 14.8. The molecule has 6 heteroatoms. The molecule has 0 radical (unpaired) electrons. The average Bonchev–Trinajstić information content (AvgIpc) is 3.34. The van der Waals surface area contributed by atoms with E-state index in [0.29, 0.717) is 12.1 Å². The smallest absolute Gasteiger partial charge is 0.141 e. The molecule has 33 heavy (non-hydrogen) atoms. The van der Waals surface area contributed by atoms with Crippen LogP contribution < -0.4 is 10.6 Å². The maximum absolute atomic E-state index is 14.6. The zero-order valence-electron chi connectivity index (χ0n) is 19.6. The number of nitrogens with zero attached hydrogens (tertiary/aromatic N) is 3. The van der Waals surface area contributed by atoms with Crippen LogP contribution in [0.2, 0.25) is 0 Å². The van der Waals surface area contributed by atoms with E-state index in [4.69, 9.17) is 15.7 Å². The third kappa shape index (κ3) is 4.14. The lowest BCUT2D eigenvalue weighted by Crippen LogP contribution is -2.43. The fourth-order valence-electron chi connectivity index (χ4n) is 5.99. The molecule has 3 fully saturated rings. The molecule has 2 aromatic carbocycles. The van der Waals surface area contributed by atoms with Crippen molar-refractivity contribution in [3.8, 4) is 17.2 Å². The Kier molecular flexibility index (Phi) is 5.90. The van der Waals surface area contributed by atoms with Gasteiger partial charge in [-0.25, -0.2) is 4.39 Å². The summed E-state index contributed by atoms with van der Waals surface area (Å²) in [5.74, 6) is -0.472. The number of benzene rings is 2. The summed E-state index contributed by atoms with van der Waals surface area (Å²) in [6.07, 6.45) is 5.39. The summed E-state index contributed by atoms with van der Waals surface area (Å²) in [4.78, 5) is 4.94. The molecule has 3 saturated heterocycles. The van der Waals surface area contributed by atoms with Gasteiger partial charge in [-0.3, -0.25) is 4.90 Å². The topological polar surface area (TPSA) is 65.5 Å². The highest BCUT2D eigenvalue weighted by atomic mass is 19.1. The SMILES string of the molecule is COC1(C)CCN(c2ccc(CN3[C@@H]4CC[C@H]3[C@@H](N)C4)cc2-c2ccc(C#N)c(F)c2)CC1. The molecule has 2 N–H and O–H groups in total. The second kappa shape index (κ2) is 8.72. The van der Waals surface area contributed by atoms with E-state index in [9.17, 15) is 4.39 Å². The molecule has 2 bridgehead atoms. The van der Waals surface area contributed by atoms with E-state index in [1.165, 1.54) is 24.5 Å². The van der Waals surface area contributed by atoms with Crippen LogP contribution in [0, 0.1) is 17.1 Å². The molecule has 0 saturated carbocycles. The third-order valence-corrected chi connectivity index (χ3v) is 8.21. The summed E-state index contributed by atoms with van der Waals surface area (Å²) in [5, 5.41) is 9.17. The molecule has 3 heterocycles. The summed E-state index contributed by atoms with van der Waals surface area (Å²) < 4.78 is 20.3. The summed E-state index contributed by atoms with van der Waals surface area (Å²) in [5.41, 5.74) is 10.5. The van der Waals surface area contributed by atoms with E-state index < -0.39 is 5.82 Å². The van der Waals surface area contributed by atoms with Gasteiger partial charge >= 0.3 is 0 Å². The second-order valence-electron chi connectivity index (χ2n) is 10.2. The Morgan fingerprint density at radius 2 is 1.97 bits per heavy atom. The Morgan fingerprint density at radius 1 is 1.18 bits per heavy atom. The van der Waals surface area contributed by atoms with Crippen LogP contribution in [-0.2, 0) is 11.3 Å². The third-order valence-electron chi connectivity index (χ3n) is 8.21. The standard InChI is InChI=1S/C27H33FN4O/c1-27(33-2)9-11-31(12-10-27)25-7-3-18(17-32-21-6-8-26(32)24(30)15-21)13-22(25)19-4-5-20(16-29)23(28)14-19/h3-5,7,13-14,21,24,26H,6,8-12,15,17,30H2,1-2H3/t21-,24+,26+/m1/s1. The van der Waals surface area contributed by atoms with Gasteiger partial charge in [0.05, 0.1) is 11.2 Å². The van der Waals surface area contributed by atoms with E-state index in [-0.39, 0.29) is 17.2 Å². The molecule has 0 aromatic heterocycles. The molecular formula is C27H33FN4O. The predicted octanol–water partition coefficient (Wildman–Crippen LogP) is 4.43. The maximum Gasteiger partial charge on any atom is 0.141 e. The molecule has 3 atom stereocenters. The van der Waals surface area contributed by atoms with Crippen molar-refractivity contribution in [2.75, 3.05) is 25.1 Å². The van der Waals surface area contributed by atoms with E-state index >= 15 is 0 Å². The highest BCUT2D eigenvalue weighted by Gasteiger charge is 2.44. The molecule has 0 aliphatic carbocycles. The molecule has 3 aliphatic rings. The fraction of sp³-hybridized carbons (Fsp3) is 0.519. The minimum absolute atomic E-state index is 0.0768. The first kappa shape index (κ1) is 22.3. The molecule has 0 unspecified atom stereocenters. The quantitative estimate of drug-likeness (QED) is 0.733. The number of nitrogens with two attached hydrogens (primary N) is 1. The average molecular weight is 449 g/mol. The Balaban J connectivity index is 1.48. The van der Waals surface area contributed by atoms with Crippen LogP contribution in [0.4, 0.5) is 10.1 Å². The van der Waals surface area contributed by atoms with Crippen molar-refractivity contribution >= 4 is 5.69 Å². The molecule has 2 aromatic rings. The maximum atomic E-state index is 14.6. The number of anilines is 1.